The number of carbonyl (C=O) groups is 1. The van der Waals surface area contributed by atoms with Crippen molar-refractivity contribution in [1.29, 1.82) is 0 Å². The van der Waals surface area contributed by atoms with Gasteiger partial charge in [-0.05, 0) is 18.9 Å². The predicted molar refractivity (Wildman–Crippen MR) is 65.6 cm³/mol. The van der Waals surface area contributed by atoms with Crippen molar-refractivity contribution in [3.8, 4) is 0 Å². The van der Waals surface area contributed by atoms with Crippen LogP contribution in [0.25, 0.3) is 0 Å². The Morgan fingerprint density at radius 1 is 1.65 bits per heavy atom. The summed E-state index contributed by atoms with van der Waals surface area (Å²) in [5.74, 6) is -0.649. The van der Waals surface area contributed by atoms with Crippen LogP contribution in [-0.2, 0) is 0 Å². The van der Waals surface area contributed by atoms with Crippen molar-refractivity contribution in [2.75, 3.05) is 11.9 Å². The van der Waals surface area contributed by atoms with E-state index < -0.39 is 5.97 Å². The van der Waals surface area contributed by atoms with Crippen LogP contribution in [0.5, 0.6) is 0 Å². The summed E-state index contributed by atoms with van der Waals surface area (Å²) in [6, 6.07) is 1.38. The molecule has 0 spiro atoms. The highest BCUT2D eigenvalue weighted by Gasteiger charge is 2.10. The van der Waals surface area contributed by atoms with Crippen molar-refractivity contribution in [1.82, 2.24) is 4.98 Å². The molecule has 1 rings (SSSR count). The molecule has 0 amide bonds. The van der Waals surface area contributed by atoms with E-state index in [0.717, 1.165) is 0 Å². The van der Waals surface area contributed by atoms with Crippen molar-refractivity contribution in [2.24, 2.45) is 0 Å². The summed E-state index contributed by atoms with van der Waals surface area (Å²) in [4.78, 5) is 14.8. The van der Waals surface area contributed by atoms with Gasteiger partial charge in [-0.3, -0.25) is 0 Å². The smallest absolute Gasteiger partial charge is 0.337 e. The van der Waals surface area contributed by atoms with E-state index in [1.807, 2.05) is 6.92 Å². The van der Waals surface area contributed by atoms with Crippen molar-refractivity contribution >= 4 is 23.4 Å². The molecule has 0 aliphatic rings. The lowest BCUT2D eigenvalue weighted by Gasteiger charge is -2.09. The number of aliphatic hydroxyl groups excluding tert-OH is 1. The Morgan fingerprint density at radius 3 is 2.94 bits per heavy atom. The zero-order valence-corrected chi connectivity index (χ0v) is 10.2. The van der Waals surface area contributed by atoms with Gasteiger partial charge in [-0.15, -0.1) is 0 Å². The second-order valence-electron chi connectivity index (χ2n) is 3.63. The minimum absolute atomic E-state index is 0.0141. The maximum atomic E-state index is 10.8. The van der Waals surface area contributed by atoms with Crippen LogP contribution in [0.4, 0.5) is 5.82 Å². The van der Waals surface area contributed by atoms with E-state index in [1.165, 1.54) is 12.3 Å². The molecule has 0 aromatic carbocycles. The van der Waals surface area contributed by atoms with Crippen molar-refractivity contribution in [2.45, 2.75) is 25.9 Å². The number of nitrogens with one attached hydrogen (secondary N) is 1. The summed E-state index contributed by atoms with van der Waals surface area (Å²) in [7, 11) is 0. The molecule has 5 nitrogen and oxygen atoms in total. The van der Waals surface area contributed by atoms with Gasteiger partial charge in [-0.1, -0.05) is 18.5 Å². The standard InChI is InChI=1S/C11H15ClN2O3/c1-2-7(15)3-4-13-10-5-8(11(16)17)9(12)6-14-10/h5-7,15H,2-4H2,1H3,(H,13,14)(H,16,17). The molecule has 1 atom stereocenters. The molecular formula is C11H15ClN2O3. The summed E-state index contributed by atoms with van der Waals surface area (Å²) in [5.41, 5.74) is 0.0141. The van der Waals surface area contributed by atoms with E-state index in [9.17, 15) is 9.90 Å². The second kappa shape index (κ2) is 6.42. The third kappa shape index (κ3) is 4.20. The maximum absolute atomic E-state index is 10.8. The van der Waals surface area contributed by atoms with Crippen LogP contribution in [0, 0.1) is 0 Å². The molecule has 1 aromatic heterocycles. The molecule has 0 radical (unpaired) electrons. The third-order valence-electron chi connectivity index (χ3n) is 2.34. The molecule has 0 fully saturated rings. The molecule has 1 heterocycles. The summed E-state index contributed by atoms with van der Waals surface area (Å²) in [5, 5.41) is 21.3. The summed E-state index contributed by atoms with van der Waals surface area (Å²) in [6.45, 7) is 2.43. The van der Waals surface area contributed by atoms with Gasteiger partial charge in [0.1, 0.15) is 5.82 Å². The van der Waals surface area contributed by atoms with Crippen LogP contribution in [0.15, 0.2) is 12.3 Å². The summed E-state index contributed by atoms with van der Waals surface area (Å²) < 4.78 is 0. The molecule has 1 unspecified atom stereocenters. The zero-order chi connectivity index (χ0) is 12.8. The molecule has 0 bridgehead atoms. The van der Waals surface area contributed by atoms with Gasteiger partial charge in [-0.25, -0.2) is 9.78 Å². The molecule has 3 N–H and O–H groups in total. The highest BCUT2D eigenvalue weighted by molar-refractivity contribution is 6.33. The van der Waals surface area contributed by atoms with Crippen molar-refractivity contribution in [3.63, 3.8) is 0 Å². The number of aliphatic hydroxyl groups is 1. The Balaban J connectivity index is 2.60. The maximum Gasteiger partial charge on any atom is 0.337 e. The van der Waals surface area contributed by atoms with E-state index in [-0.39, 0.29) is 16.7 Å². The van der Waals surface area contributed by atoms with Gasteiger partial charge in [-0.2, -0.15) is 0 Å². The number of pyridine rings is 1. The number of aromatic nitrogens is 1. The number of carboxylic acid groups (broad SMARTS) is 1. The van der Waals surface area contributed by atoms with E-state index in [2.05, 4.69) is 10.3 Å². The Bertz CT molecular complexity index is 398. The van der Waals surface area contributed by atoms with Crippen LogP contribution in [0.2, 0.25) is 5.02 Å². The van der Waals surface area contributed by atoms with Crippen LogP contribution in [-0.4, -0.2) is 33.8 Å². The number of nitrogens with zero attached hydrogens (tertiary/aromatic N) is 1. The van der Waals surface area contributed by atoms with Crippen LogP contribution in [0.1, 0.15) is 30.1 Å². The van der Waals surface area contributed by atoms with Crippen molar-refractivity contribution < 1.29 is 15.0 Å². The van der Waals surface area contributed by atoms with E-state index in [4.69, 9.17) is 16.7 Å². The molecule has 94 valence electrons. The first-order valence-electron chi connectivity index (χ1n) is 5.35. The predicted octanol–water partition coefficient (Wildman–Crippen LogP) is 2.01. The van der Waals surface area contributed by atoms with Gasteiger partial charge >= 0.3 is 5.97 Å². The largest absolute Gasteiger partial charge is 0.478 e. The normalized spacial score (nSPS) is 12.2. The third-order valence-corrected chi connectivity index (χ3v) is 2.64. The number of rotatable bonds is 6. The van der Waals surface area contributed by atoms with Crippen molar-refractivity contribution in [3.05, 3.63) is 22.8 Å². The second-order valence-corrected chi connectivity index (χ2v) is 4.04. The lowest BCUT2D eigenvalue weighted by atomic mass is 10.2. The van der Waals surface area contributed by atoms with Gasteiger partial charge in [0, 0.05) is 12.7 Å². The molecule has 6 heteroatoms. The van der Waals surface area contributed by atoms with Gasteiger partial charge in [0.05, 0.1) is 16.7 Å². The fourth-order valence-corrected chi connectivity index (χ4v) is 1.45. The Morgan fingerprint density at radius 2 is 2.35 bits per heavy atom. The zero-order valence-electron chi connectivity index (χ0n) is 9.48. The van der Waals surface area contributed by atoms with Gasteiger partial charge in [0.25, 0.3) is 0 Å². The number of hydrogen-bond acceptors (Lipinski definition) is 4. The fraction of sp³-hybridized carbons (Fsp3) is 0.455. The average molecular weight is 259 g/mol. The monoisotopic (exact) mass is 258 g/mol. The molecular weight excluding hydrogens is 244 g/mol. The van der Waals surface area contributed by atoms with Gasteiger partial charge < -0.3 is 15.5 Å². The lowest BCUT2D eigenvalue weighted by Crippen LogP contribution is -2.13. The van der Waals surface area contributed by atoms with Gasteiger partial charge in [0.2, 0.25) is 0 Å². The van der Waals surface area contributed by atoms with Crippen LogP contribution in [0.3, 0.4) is 0 Å². The highest BCUT2D eigenvalue weighted by Crippen LogP contribution is 2.17. The topological polar surface area (TPSA) is 82.5 Å². The first kappa shape index (κ1) is 13.7. The lowest BCUT2D eigenvalue weighted by molar-refractivity contribution is 0.0697. The first-order valence-corrected chi connectivity index (χ1v) is 5.73. The number of hydrogen-bond donors (Lipinski definition) is 3. The molecule has 17 heavy (non-hydrogen) atoms. The van der Waals surface area contributed by atoms with Crippen LogP contribution >= 0.6 is 11.6 Å². The Kier molecular flexibility index (Phi) is 5.18. The number of halogens is 1. The molecule has 0 saturated carbocycles. The first-order chi connectivity index (χ1) is 8.04. The van der Waals surface area contributed by atoms with E-state index >= 15 is 0 Å². The highest BCUT2D eigenvalue weighted by atomic mass is 35.5. The molecule has 0 saturated heterocycles. The average Bonchev–Trinajstić information content (AvgIpc) is 2.30. The Hall–Kier alpha value is -1.33. The molecule has 0 aliphatic carbocycles. The quantitative estimate of drug-likeness (QED) is 0.727. The molecule has 1 aromatic rings. The summed E-state index contributed by atoms with van der Waals surface area (Å²) in [6.07, 6.45) is 2.22. The minimum atomic E-state index is -1.09. The summed E-state index contributed by atoms with van der Waals surface area (Å²) >= 11 is 5.69. The number of anilines is 1. The van der Waals surface area contributed by atoms with E-state index in [0.29, 0.717) is 25.2 Å². The number of carboxylic acids is 1. The van der Waals surface area contributed by atoms with E-state index in [1.54, 1.807) is 0 Å². The molecule has 0 aliphatic heterocycles. The van der Waals surface area contributed by atoms with Crippen LogP contribution < -0.4 is 5.32 Å². The van der Waals surface area contributed by atoms with Gasteiger partial charge in [0.15, 0.2) is 0 Å². The SMILES string of the molecule is CCC(O)CCNc1cc(C(=O)O)c(Cl)cn1. The minimum Gasteiger partial charge on any atom is -0.478 e. The fourth-order valence-electron chi connectivity index (χ4n) is 1.27. The number of aromatic carboxylic acids is 1. The Labute approximate surface area is 104 Å².